The number of anilines is 2. The van der Waals surface area contributed by atoms with Crippen LogP contribution in [0, 0.1) is 5.92 Å². The van der Waals surface area contributed by atoms with Crippen molar-refractivity contribution >= 4 is 35.2 Å². The number of carbonyl (C=O) groups is 4. The van der Waals surface area contributed by atoms with E-state index >= 15 is 0 Å². The van der Waals surface area contributed by atoms with Gasteiger partial charge in [-0.2, -0.15) is 0 Å². The highest BCUT2D eigenvalue weighted by atomic mass is 16.5. The van der Waals surface area contributed by atoms with Gasteiger partial charge in [0.05, 0.1) is 24.3 Å². The summed E-state index contributed by atoms with van der Waals surface area (Å²) in [5, 5.41) is 2.71. The van der Waals surface area contributed by atoms with E-state index in [0.717, 1.165) is 4.90 Å². The number of urea groups is 1. The number of imide groups is 1. The minimum absolute atomic E-state index is 0.120. The highest BCUT2D eigenvalue weighted by Crippen LogP contribution is 2.27. The summed E-state index contributed by atoms with van der Waals surface area (Å²) in [6.07, 6.45) is -0.190. The molecule has 0 aliphatic carbocycles. The number of nitrogens with zero attached hydrogens (tertiary/aromatic N) is 2. The summed E-state index contributed by atoms with van der Waals surface area (Å²) >= 11 is 0. The molecule has 1 unspecified atom stereocenters. The molecule has 32 heavy (non-hydrogen) atoms. The molecule has 0 radical (unpaired) electrons. The molecular formula is C24H27N3O5. The van der Waals surface area contributed by atoms with Gasteiger partial charge in [-0.25, -0.2) is 14.5 Å². The van der Waals surface area contributed by atoms with Crippen molar-refractivity contribution in [2.75, 3.05) is 23.4 Å². The van der Waals surface area contributed by atoms with Crippen molar-refractivity contribution in [1.82, 2.24) is 4.90 Å². The van der Waals surface area contributed by atoms with Crippen molar-refractivity contribution in [3.63, 3.8) is 0 Å². The van der Waals surface area contributed by atoms with Crippen LogP contribution < -0.4 is 10.2 Å². The molecule has 1 heterocycles. The van der Waals surface area contributed by atoms with Crippen LogP contribution in [0.5, 0.6) is 0 Å². The Balaban J connectivity index is 1.77. The Hall–Kier alpha value is -3.68. The fourth-order valence-corrected chi connectivity index (χ4v) is 3.58. The number of para-hydroxylation sites is 1. The molecule has 2 aromatic rings. The third-order valence-corrected chi connectivity index (χ3v) is 4.93. The van der Waals surface area contributed by atoms with Gasteiger partial charge in [-0.15, -0.1) is 0 Å². The molecule has 1 atom stereocenters. The quantitative estimate of drug-likeness (QED) is 0.502. The molecule has 1 aliphatic rings. The van der Waals surface area contributed by atoms with Crippen molar-refractivity contribution in [2.24, 2.45) is 5.92 Å². The van der Waals surface area contributed by atoms with Crippen LogP contribution in [0.1, 0.15) is 37.6 Å². The van der Waals surface area contributed by atoms with E-state index in [2.05, 4.69) is 5.32 Å². The predicted molar refractivity (Wildman–Crippen MR) is 120 cm³/mol. The molecule has 1 saturated heterocycles. The SMILES string of the molecule is CCOC(=O)c1cccc(NC(=O)CC2C(=O)N(c3ccccc3)C(=O)N2CC(C)C)c1. The Morgan fingerprint density at radius 2 is 1.78 bits per heavy atom. The number of hydrogen-bond donors (Lipinski definition) is 1. The molecule has 1 fully saturated rings. The van der Waals surface area contributed by atoms with Crippen LogP contribution in [0.15, 0.2) is 54.6 Å². The smallest absolute Gasteiger partial charge is 0.338 e. The number of nitrogens with one attached hydrogen (secondary N) is 1. The highest BCUT2D eigenvalue weighted by Gasteiger charge is 2.46. The van der Waals surface area contributed by atoms with E-state index in [-0.39, 0.29) is 18.9 Å². The minimum Gasteiger partial charge on any atom is -0.462 e. The normalized spacial score (nSPS) is 15.9. The predicted octanol–water partition coefficient (Wildman–Crippen LogP) is 3.69. The lowest BCUT2D eigenvalue weighted by Crippen LogP contribution is -2.40. The van der Waals surface area contributed by atoms with E-state index < -0.39 is 29.9 Å². The van der Waals surface area contributed by atoms with Crippen molar-refractivity contribution in [3.8, 4) is 0 Å². The molecule has 8 heteroatoms. The van der Waals surface area contributed by atoms with Gasteiger partial charge in [0.1, 0.15) is 6.04 Å². The number of hydrogen-bond acceptors (Lipinski definition) is 5. The number of rotatable bonds is 8. The van der Waals surface area contributed by atoms with Gasteiger partial charge in [0.15, 0.2) is 0 Å². The third-order valence-electron chi connectivity index (χ3n) is 4.93. The third kappa shape index (κ3) is 5.14. The number of amides is 4. The first-order valence-corrected chi connectivity index (χ1v) is 10.6. The summed E-state index contributed by atoms with van der Waals surface area (Å²) in [4.78, 5) is 53.4. The van der Waals surface area contributed by atoms with E-state index in [9.17, 15) is 19.2 Å². The first-order valence-electron chi connectivity index (χ1n) is 10.6. The van der Waals surface area contributed by atoms with Crippen molar-refractivity contribution < 1.29 is 23.9 Å². The molecule has 0 bridgehead atoms. The molecule has 2 aromatic carbocycles. The second-order valence-electron chi connectivity index (χ2n) is 7.91. The maximum Gasteiger partial charge on any atom is 0.338 e. The van der Waals surface area contributed by atoms with Crippen LogP contribution in [0.2, 0.25) is 0 Å². The summed E-state index contributed by atoms with van der Waals surface area (Å²) in [6.45, 7) is 6.20. The maximum absolute atomic E-state index is 13.1. The Labute approximate surface area is 187 Å². The molecule has 0 saturated carbocycles. The first-order chi connectivity index (χ1) is 15.3. The number of carbonyl (C=O) groups excluding carboxylic acids is 4. The Kier molecular flexibility index (Phi) is 7.25. The first kappa shape index (κ1) is 23.0. The molecule has 1 aliphatic heterocycles. The second-order valence-corrected chi connectivity index (χ2v) is 7.91. The van der Waals surface area contributed by atoms with Gasteiger partial charge < -0.3 is 15.0 Å². The summed E-state index contributed by atoms with van der Waals surface area (Å²) in [7, 11) is 0. The van der Waals surface area contributed by atoms with Crippen LogP contribution in [0.3, 0.4) is 0 Å². The average molecular weight is 437 g/mol. The molecule has 4 amide bonds. The van der Waals surface area contributed by atoms with E-state index in [0.29, 0.717) is 23.5 Å². The van der Waals surface area contributed by atoms with Gasteiger partial charge in [-0.05, 0) is 43.2 Å². The van der Waals surface area contributed by atoms with Crippen LogP contribution >= 0.6 is 0 Å². The molecule has 168 valence electrons. The summed E-state index contributed by atoms with van der Waals surface area (Å²) in [5.74, 6) is -1.23. The van der Waals surface area contributed by atoms with Gasteiger partial charge in [0.2, 0.25) is 5.91 Å². The lowest BCUT2D eigenvalue weighted by Gasteiger charge is -2.23. The zero-order valence-electron chi connectivity index (χ0n) is 18.4. The molecular weight excluding hydrogens is 410 g/mol. The van der Waals surface area contributed by atoms with E-state index in [1.54, 1.807) is 55.5 Å². The van der Waals surface area contributed by atoms with Crippen molar-refractivity contribution in [1.29, 1.82) is 0 Å². The minimum atomic E-state index is -0.904. The zero-order valence-corrected chi connectivity index (χ0v) is 18.4. The number of benzene rings is 2. The Morgan fingerprint density at radius 1 is 1.06 bits per heavy atom. The summed E-state index contributed by atoms with van der Waals surface area (Å²) in [5.41, 5.74) is 1.20. The average Bonchev–Trinajstić information content (AvgIpc) is 2.98. The maximum atomic E-state index is 13.1. The van der Waals surface area contributed by atoms with Crippen LogP contribution in [0.25, 0.3) is 0 Å². The molecule has 1 N–H and O–H groups in total. The van der Waals surface area contributed by atoms with Gasteiger partial charge >= 0.3 is 12.0 Å². The van der Waals surface area contributed by atoms with Gasteiger partial charge in [0.25, 0.3) is 5.91 Å². The van der Waals surface area contributed by atoms with Crippen LogP contribution in [-0.4, -0.2) is 47.9 Å². The lowest BCUT2D eigenvalue weighted by molar-refractivity contribution is -0.124. The molecule has 0 aromatic heterocycles. The lowest BCUT2D eigenvalue weighted by atomic mass is 10.1. The molecule has 8 nitrogen and oxygen atoms in total. The molecule has 0 spiro atoms. The second kappa shape index (κ2) is 10.1. The topological polar surface area (TPSA) is 96.0 Å². The van der Waals surface area contributed by atoms with E-state index in [4.69, 9.17) is 4.74 Å². The summed E-state index contributed by atoms with van der Waals surface area (Å²) < 4.78 is 4.98. The molecule has 3 rings (SSSR count). The van der Waals surface area contributed by atoms with E-state index in [1.807, 2.05) is 13.8 Å². The summed E-state index contributed by atoms with van der Waals surface area (Å²) in [6, 6.07) is 13.7. The Bertz CT molecular complexity index is 1010. The van der Waals surface area contributed by atoms with Crippen molar-refractivity contribution in [3.05, 3.63) is 60.2 Å². The van der Waals surface area contributed by atoms with Gasteiger partial charge in [-0.3, -0.25) is 9.59 Å². The van der Waals surface area contributed by atoms with Gasteiger partial charge in [0, 0.05) is 12.2 Å². The largest absolute Gasteiger partial charge is 0.462 e. The van der Waals surface area contributed by atoms with Gasteiger partial charge in [-0.1, -0.05) is 38.1 Å². The standard InChI is InChI=1S/C24H27N3O5/c1-4-32-23(30)17-9-8-10-18(13-17)25-21(28)14-20-22(29)27(19-11-6-5-7-12-19)24(31)26(20)15-16(2)3/h5-13,16,20H,4,14-15H2,1-3H3,(H,25,28). The zero-order chi connectivity index (χ0) is 23.3. The fraction of sp³-hybridized carbons (Fsp3) is 0.333. The number of esters is 1. The van der Waals surface area contributed by atoms with Crippen LogP contribution in [-0.2, 0) is 14.3 Å². The fourth-order valence-electron chi connectivity index (χ4n) is 3.58. The van der Waals surface area contributed by atoms with E-state index in [1.165, 1.54) is 11.0 Å². The monoisotopic (exact) mass is 437 g/mol. The number of ether oxygens (including phenoxy) is 1. The Morgan fingerprint density at radius 3 is 2.44 bits per heavy atom. The van der Waals surface area contributed by atoms with Crippen molar-refractivity contribution in [2.45, 2.75) is 33.2 Å². The van der Waals surface area contributed by atoms with Crippen LogP contribution in [0.4, 0.5) is 16.2 Å². The highest BCUT2D eigenvalue weighted by molar-refractivity contribution is 6.22.